The number of hydrogen-bond acceptors (Lipinski definition) is 4. The molecular weight excluding hydrogens is 290 g/mol. The average molecular weight is 310 g/mol. The third-order valence-electron chi connectivity index (χ3n) is 4.70. The minimum absolute atomic E-state index is 0.144. The number of fused-ring (bicyclic) bond motifs is 2. The average Bonchev–Trinajstić information content (AvgIpc) is 3.00. The number of carbonyl (C=O) groups excluding carboxylic acids is 1. The first kappa shape index (κ1) is 14.5. The van der Waals surface area contributed by atoms with E-state index in [1.807, 2.05) is 0 Å². The van der Waals surface area contributed by atoms with Gasteiger partial charge in [0, 0.05) is 24.7 Å². The molecule has 5 nitrogen and oxygen atoms in total. The van der Waals surface area contributed by atoms with E-state index < -0.39 is 0 Å². The van der Waals surface area contributed by atoms with Gasteiger partial charge in [-0.25, -0.2) is 0 Å². The Morgan fingerprint density at radius 1 is 1.48 bits per heavy atom. The Hall–Kier alpha value is -1.46. The number of piperidine rings is 1. The summed E-state index contributed by atoms with van der Waals surface area (Å²) in [7, 11) is 3.66. The van der Waals surface area contributed by atoms with Crippen LogP contribution in [-0.2, 0) is 0 Å². The second-order valence-electron chi connectivity index (χ2n) is 5.98. The van der Waals surface area contributed by atoms with Crippen molar-refractivity contribution in [2.75, 3.05) is 26.4 Å². The van der Waals surface area contributed by atoms with Crippen LogP contribution in [0.25, 0.3) is 0 Å². The molecule has 0 aromatic heterocycles. The fourth-order valence-electron chi connectivity index (χ4n) is 3.51. The second-order valence-corrected chi connectivity index (χ2v) is 6.39. The number of carbonyl (C=O) groups is 1. The summed E-state index contributed by atoms with van der Waals surface area (Å²) < 4.78 is 5.24. The number of hydrogen-bond donors (Lipinski definition) is 2. The number of nitrogens with zero attached hydrogens (tertiary/aromatic N) is 1. The number of amides is 1. The zero-order chi connectivity index (χ0) is 15.1. The van der Waals surface area contributed by atoms with Crippen LogP contribution in [0.4, 0.5) is 5.69 Å². The van der Waals surface area contributed by atoms with Crippen LogP contribution in [0.5, 0.6) is 5.75 Å². The molecule has 0 radical (unpaired) electrons. The van der Waals surface area contributed by atoms with Crippen molar-refractivity contribution in [1.29, 1.82) is 0 Å². The van der Waals surface area contributed by atoms with Gasteiger partial charge < -0.3 is 20.7 Å². The second kappa shape index (κ2) is 5.39. The predicted octanol–water partition coefficient (Wildman–Crippen LogP) is 1.75. The molecule has 1 aliphatic heterocycles. The maximum atomic E-state index is 12.5. The normalized spacial score (nSPS) is 27.9. The van der Waals surface area contributed by atoms with Gasteiger partial charge in [-0.1, -0.05) is 11.6 Å². The standard InChI is InChI=1S/C15H20ClN3O2/c1-19-7-8-3-9(19)4-13(8)18-15(20)10-5-11(16)12(17)6-14(10)21-2/h5-6,8-9,13H,3-4,7,17H2,1-2H3,(H,18,20). The van der Waals surface area contributed by atoms with E-state index in [0.29, 0.717) is 34.0 Å². The van der Waals surface area contributed by atoms with Crippen molar-refractivity contribution in [3.63, 3.8) is 0 Å². The summed E-state index contributed by atoms with van der Waals surface area (Å²) in [5.41, 5.74) is 6.59. The summed E-state index contributed by atoms with van der Waals surface area (Å²) in [6.07, 6.45) is 2.18. The third-order valence-corrected chi connectivity index (χ3v) is 5.02. The number of likely N-dealkylation sites (tertiary alicyclic amines) is 1. The van der Waals surface area contributed by atoms with Crippen LogP contribution < -0.4 is 15.8 Å². The number of methoxy groups -OCH3 is 1. The molecule has 0 spiro atoms. The minimum atomic E-state index is -0.144. The number of rotatable bonds is 3. The Kier molecular flexibility index (Phi) is 3.71. The van der Waals surface area contributed by atoms with Gasteiger partial charge in [0.15, 0.2) is 0 Å². The van der Waals surface area contributed by atoms with E-state index in [-0.39, 0.29) is 11.9 Å². The molecule has 3 unspecified atom stereocenters. The largest absolute Gasteiger partial charge is 0.496 e. The molecule has 2 aliphatic rings. The van der Waals surface area contributed by atoms with Gasteiger partial charge in [-0.05, 0) is 31.9 Å². The van der Waals surface area contributed by atoms with Crippen LogP contribution in [0, 0.1) is 5.92 Å². The molecule has 2 fully saturated rings. The zero-order valence-corrected chi connectivity index (χ0v) is 13.0. The molecular formula is C15H20ClN3O2. The Morgan fingerprint density at radius 3 is 2.81 bits per heavy atom. The van der Waals surface area contributed by atoms with Crippen LogP contribution in [0.1, 0.15) is 23.2 Å². The van der Waals surface area contributed by atoms with Crippen LogP contribution in [0.15, 0.2) is 12.1 Å². The molecule has 1 aromatic rings. The van der Waals surface area contributed by atoms with Gasteiger partial charge in [-0.2, -0.15) is 0 Å². The molecule has 1 saturated carbocycles. The lowest BCUT2D eigenvalue weighted by molar-refractivity contribution is 0.0909. The Morgan fingerprint density at radius 2 is 2.24 bits per heavy atom. The molecule has 2 bridgehead atoms. The lowest BCUT2D eigenvalue weighted by Crippen LogP contribution is -2.44. The summed E-state index contributed by atoms with van der Waals surface area (Å²) in [6.45, 7) is 1.05. The highest BCUT2D eigenvalue weighted by Crippen LogP contribution is 2.37. The predicted molar refractivity (Wildman–Crippen MR) is 82.8 cm³/mol. The van der Waals surface area contributed by atoms with E-state index in [0.717, 1.165) is 13.0 Å². The molecule has 6 heteroatoms. The van der Waals surface area contributed by atoms with Gasteiger partial charge in [-0.15, -0.1) is 0 Å². The highest BCUT2D eigenvalue weighted by Gasteiger charge is 2.43. The van der Waals surface area contributed by atoms with Crippen molar-refractivity contribution in [1.82, 2.24) is 10.2 Å². The quantitative estimate of drug-likeness (QED) is 0.835. The van der Waals surface area contributed by atoms with Crippen molar-refractivity contribution in [2.24, 2.45) is 5.92 Å². The fourth-order valence-corrected chi connectivity index (χ4v) is 3.68. The highest BCUT2D eigenvalue weighted by atomic mass is 35.5. The molecule has 21 heavy (non-hydrogen) atoms. The maximum Gasteiger partial charge on any atom is 0.255 e. The monoisotopic (exact) mass is 309 g/mol. The van der Waals surface area contributed by atoms with E-state index in [1.165, 1.54) is 13.5 Å². The molecule has 1 heterocycles. The zero-order valence-electron chi connectivity index (χ0n) is 12.2. The molecule has 1 aromatic carbocycles. The summed E-state index contributed by atoms with van der Waals surface area (Å²) in [5, 5.41) is 3.49. The number of anilines is 1. The molecule has 1 saturated heterocycles. The van der Waals surface area contributed by atoms with Crippen LogP contribution in [0.2, 0.25) is 5.02 Å². The van der Waals surface area contributed by atoms with Crippen LogP contribution in [-0.4, -0.2) is 43.6 Å². The molecule has 3 N–H and O–H groups in total. The van der Waals surface area contributed by atoms with Crippen LogP contribution >= 0.6 is 11.6 Å². The van der Waals surface area contributed by atoms with Crippen molar-refractivity contribution in [3.05, 3.63) is 22.7 Å². The molecule has 1 amide bonds. The number of nitrogens with one attached hydrogen (secondary N) is 1. The Balaban J connectivity index is 1.76. The van der Waals surface area contributed by atoms with Gasteiger partial charge in [-0.3, -0.25) is 4.79 Å². The molecule has 3 atom stereocenters. The highest BCUT2D eigenvalue weighted by molar-refractivity contribution is 6.33. The van der Waals surface area contributed by atoms with Crippen molar-refractivity contribution in [2.45, 2.75) is 24.9 Å². The molecule has 3 rings (SSSR count). The van der Waals surface area contributed by atoms with Crippen molar-refractivity contribution < 1.29 is 9.53 Å². The SMILES string of the molecule is COc1cc(N)c(Cl)cc1C(=O)NC1CC2CC1CN2C. The first-order chi connectivity index (χ1) is 9.99. The number of benzene rings is 1. The topological polar surface area (TPSA) is 67.6 Å². The van der Waals surface area contributed by atoms with E-state index in [9.17, 15) is 4.79 Å². The van der Waals surface area contributed by atoms with E-state index in [1.54, 1.807) is 12.1 Å². The fraction of sp³-hybridized carbons (Fsp3) is 0.533. The number of nitrogen functional groups attached to an aromatic ring is 1. The summed E-state index contributed by atoms with van der Waals surface area (Å²) in [5.74, 6) is 0.850. The van der Waals surface area contributed by atoms with Gasteiger partial charge in [0.2, 0.25) is 0 Å². The first-order valence-corrected chi connectivity index (χ1v) is 7.51. The van der Waals surface area contributed by atoms with Gasteiger partial charge in [0.05, 0.1) is 23.4 Å². The molecule has 1 aliphatic carbocycles. The number of ether oxygens (including phenoxy) is 1. The van der Waals surface area contributed by atoms with E-state index in [2.05, 4.69) is 17.3 Å². The van der Waals surface area contributed by atoms with Crippen molar-refractivity contribution in [3.8, 4) is 5.75 Å². The lowest BCUT2D eigenvalue weighted by Gasteiger charge is -2.29. The summed E-state index contributed by atoms with van der Waals surface area (Å²) >= 11 is 6.02. The van der Waals surface area contributed by atoms with Crippen LogP contribution in [0.3, 0.4) is 0 Å². The van der Waals surface area contributed by atoms with Gasteiger partial charge >= 0.3 is 0 Å². The first-order valence-electron chi connectivity index (χ1n) is 7.13. The maximum absolute atomic E-state index is 12.5. The Bertz CT molecular complexity index is 576. The summed E-state index contributed by atoms with van der Waals surface area (Å²) in [6, 6.07) is 3.99. The summed E-state index contributed by atoms with van der Waals surface area (Å²) in [4.78, 5) is 14.9. The third kappa shape index (κ3) is 2.56. The molecule has 114 valence electrons. The number of nitrogens with two attached hydrogens (primary N) is 1. The van der Waals surface area contributed by atoms with Gasteiger partial charge in [0.25, 0.3) is 5.91 Å². The lowest BCUT2D eigenvalue weighted by atomic mass is 10.0. The number of halogens is 1. The van der Waals surface area contributed by atoms with E-state index >= 15 is 0 Å². The Labute approximate surface area is 129 Å². The van der Waals surface area contributed by atoms with Gasteiger partial charge in [0.1, 0.15) is 5.75 Å². The van der Waals surface area contributed by atoms with E-state index in [4.69, 9.17) is 22.1 Å². The minimum Gasteiger partial charge on any atom is -0.496 e. The smallest absolute Gasteiger partial charge is 0.255 e. The van der Waals surface area contributed by atoms with Crippen molar-refractivity contribution >= 4 is 23.2 Å².